The van der Waals surface area contributed by atoms with E-state index in [1.165, 1.54) is 0 Å². The number of nitrogens with two attached hydrogens (primary N) is 1. The van der Waals surface area contributed by atoms with Crippen molar-refractivity contribution in [1.82, 2.24) is 0 Å². The Morgan fingerprint density at radius 2 is 2.27 bits per heavy atom. The first kappa shape index (κ1) is 12.3. The first-order chi connectivity index (χ1) is 7.09. The van der Waals surface area contributed by atoms with Gasteiger partial charge in [-0.15, -0.1) is 0 Å². The van der Waals surface area contributed by atoms with Crippen LogP contribution in [0.15, 0.2) is 18.2 Å². The Morgan fingerprint density at radius 1 is 1.53 bits per heavy atom. The van der Waals surface area contributed by atoms with Crippen molar-refractivity contribution < 1.29 is 4.21 Å². The van der Waals surface area contributed by atoms with E-state index in [0.29, 0.717) is 16.5 Å². The summed E-state index contributed by atoms with van der Waals surface area (Å²) in [7, 11) is -0.731. The molecule has 0 aliphatic heterocycles. The van der Waals surface area contributed by atoms with E-state index in [-0.39, 0.29) is 0 Å². The van der Waals surface area contributed by atoms with E-state index in [2.05, 4.69) is 5.32 Å². The van der Waals surface area contributed by atoms with Crippen LogP contribution in [0.2, 0.25) is 5.02 Å². The summed E-state index contributed by atoms with van der Waals surface area (Å²) in [4.78, 5) is 0. The Hall–Kier alpha value is -0.740. The van der Waals surface area contributed by atoms with E-state index in [0.717, 1.165) is 18.7 Å². The zero-order valence-electron chi connectivity index (χ0n) is 8.63. The van der Waals surface area contributed by atoms with Crippen molar-refractivity contribution in [2.24, 2.45) is 0 Å². The second kappa shape index (κ2) is 5.98. The van der Waals surface area contributed by atoms with Gasteiger partial charge in [0.2, 0.25) is 0 Å². The molecule has 0 spiro atoms. The summed E-state index contributed by atoms with van der Waals surface area (Å²) >= 11 is 5.84. The molecule has 1 aromatic rings. The summed E-state index contributed by atoms with van der Waals surface area (Å²) in [5, 5.41) is 3.82. The molecule has 0 aromatic heterocycles. The SMILES string of the molecule is CS(=O)CCCNc1cc(Cl)ccc1N. The molecule has 15 heavy (non-hydrogen) atoms. The van der Waals surface area contributed by atoms with E-state index in [1.807, 2.05) is 0 Å². The lowest BCUT2D eigenvalue weighted by Crippen LogP contribution is -2.07. The van der Waals surface area contributed by atoms with E-state index in [9.17, 15) is 4.21 Å². The number of nitrogens with one attached hydrogen (secondary N) is 1. The molecule has 1 atom stereocenters. The second-order valence-corrected chi connectivity index (χ2v) is 5.28. The Labute approximate surface area is 97.5 Å². The van der Waals surface area contributed by atoms with E-state index in [1.54, 1.807) is 24.5 Å². The highest BCUT2D eigenvalue weighted by molar-refractivity contribution is 7.84. The van der Waals surface area contributed by atoms with E-state index in [4.69, 9.17) is 17.3 Å². The average molecular weight is 247 g/mol. The molecule has 1 rings (SSSR count). The third kappa shape index (κ3) is 4.53. The van der Waals surface area contributed by atoms with E-state index >= 15 is 0 Å². The van der Waals surface area contributed by atoms with Gasteiger partial charge in [0.25, 0.3) is 0 Å². The molecule has 0 saturated heterocycles. The molecule has 0 fully saturated rings. The standard InChI is InChI=1S/C10H15ClN2OS/c1-15(14)6-2-5-13-10-7-8(11)3-4-9(10)12/h3-4,7,13H,2,5-6,12H2,1H3. The maximum Gasteiger partial charge on any atom is 0.0588 e. The molecular weight excluding hydrogens is 232 g/mol. The lowest BCUT2D eigenvalue weighted by molar-refractivity contribution is 0.685. The Balaban J connectivity index is 2.43. The van der Waals surface area contributed by atoms with Crippen molar-refractivity contribution in [3.8, 4) is 0 Å². The molecule has 1 unspecified atom stereocenters. The van der Waals surface area contributed by atoms with Gasteiger partial charge >= 0.3 is 0 Å². The van der Waals surface area contributed by atoms with E-state index < -0.39 is 10.8 Å². The molecule has 0 saturated carbocycles. The molecule has 0 aliphatic carbocycles. The van der Waals surface area contributed by atoms with Gasteiger partial charge in [0.1, 0.15) is 0 Å². The quantitative estimate of drug-likeness (QED) is 0.618. The largest absolute Gasteiger partial charge is 0.397 e. The van der Waals surface area contributed by atoms with Crippen LogP contribution in [0.5, 0.6) is 0 Å². The number of benzene rings is 1. The van der Waals surface area contributed by atoms with Crippen molar-refractivity contribution >= 4 is 33.8 Å². The average Bonchev–Trinajstić information content (AvgIpc) is 2.17. The molecule has 3 nitrogen and oxygen atoms in total. The van der Waals surface area contributed by atoms with Gasteiger partial charge in [-0.25, -0.2) is 0 Å². The van der Waals surface area contributed by atoms with Crippen LogP contribution in [0, 0.1) is 0 Å². The third-order valence-corrected chi connectivity index (χ3v) is 3.04. The summed E-state index contributed by atoms with van der Waals surface area (Å²) in [6.45, 7) is 0.754. The molecular formula is C10H15ClN2OS. The summed E-state index contributed by atoms with van der Waals surface area (Å²) in [6, 6.07) is 5.31. The van der Waals surface area contributed by atoms with Gasteiger partial charge in [0.05, 0.1) is 11.4 Å². The lowest BCUT2D eigenvalue weighted by Gasteiger charge is -2.08. The number of anilines is 2. The predicted octanol–water partition coefficient (Wildman–Crippen LogP) is 2.10. The van der Waals surface area contributed by atoms with Crippen molar-refractivity contribution in [1.29, 1.82) is 0 Å². The number of halogens is 1. The van der Waals surface area contributed by atoms with Crippen LogP contribution in [0.1, 0.15) is 6.42 Å². The molecule has 3 N–H and O–H groups in total. The molecule has 0 bridgehead atoms. The van der Waals surface area contributed by atoms with Gasteiger partial charge in [0.15, 0.2) is 0 Å². The van der Waals surface area contributed by atoms with Gasteiger partial charge in [-0.2, -0.15) is 0 Å². The Kier molecular flexibility index (Phi) is 4.91. The summed E-state index contributed by atoms with van der Waals surface area (Å²) in [6.07, 6.45) is 2.56. The molecule has 0 heterocycles. The van der Waals surface area contributed by atoms with Crippen LogP contribution < -0.4 is 11.1 Å². The van der Waals surface area contributed by atoms with Crippen molar-refractivity contribution in [3.63, 3.8) is 0 Å². The number of hydrogen-bond acceptors (Lipinski definition) is 3. The van der Waals surface area contributed by atoms with Crippen LogP contribution in [-0.2, 0) is 10.8 Å². The van der Waals surface area contributed by atoms with Crippen molar-refractivity contribution in [2.45, 2.75) is 6.42 Å². The van der Waals surface area contributed by atoms with Crippen LogP contribution >= 0.6 is 11.6 Å². The third-order valence-electron chi connectivity index (χ3n) is 1.94. The van der Waals surface area contributed by atoms with Gasteiger partial charge in [-0.05, 0) is 24.6 Å². The van der Waals surface area contributed by atoms with Gasteiger partial charge in [-0.1, -0.05) is 11.6 Å². The summed E-state index contributed by atoms with van der Waals surface area (Å²) in [5.74, 6) is 0.702. The van der Waals surface area contributed by atoms with Crippen LogP contribution in [0.25, 0.3) is 0 Å². The van der Waals surface area contributed by atoms with Crippen LogP contribution in [0.4, 0.5) is 11.4 Å². The van der Waals surface area contributed by atoms with Crippen LogP contribution in [0.3, 0.4) is 0 Å². The predicted molar refractivity (Wildman–Crippen MR) is 67.9 cm³/mol. The fourth-order valence-corrected chi connectivity index (χ4v) is 1.90. The zero-order chi connectivity index (χ0) is 11.3. The fraction of sp³-hybridized carbons (Fsp3) is 0.400. The molecule has 5 heteroatoms. The Morgan fingerprint density at radius 3 is 2.93 bits per heavy atom. The number of nitrogen functional groups attached to an aromatic ring is 1. The normalized spacial score (nSPS) is 12.4. The first-order valence-electron chi connectivity index (χ1n) is 4.68. The maximum absolute atomic E-state index is 10.8. The highest BCUT2D eigenvalue weighted by Gasteiger charge is 1.99. The van der Waals surface area contributed by atoms with Crippen molar-refractivity contribution in [3.05, 3.63) is 23.2 Å². The van der Waals surface area contributed by atoms with Gasteiger partial charge < -0.3 is 11.1 Å². The molecule has 0 aliphatic rings. The summed E-state index contributed by atoms with van der Waals surface area (Å²) < 4.78 is 10.8. The first-order valence-corrected chi connectivity index (χ1v) is 6.79. The topological polar surface area (TPSA) is 55.1 Å². The smallest absolute Gasteiger partial charge is 0.0588 e. The lowest BCUT2D eigenvalue weighted by atomic mass is 10.2. The fourth-order valence-electron chi connectivity index (χ4n) is 1.18. The minimum absolute atomic E-state index is 0.658. The molecule has 84 valence electrons. The summed E-state index contributed by atoms with van der Waals surface area (Å²) in [5.41, 5.74) is 7.27. The number of hydrogen-bond donors (Lipinski definition) is 2. The highest BCUT2D eigenvalue weighted by Crippen LogP contribution is 2.22. The van der Waals surface area contributed by atoms with Gasteiger partial charge in [-0.3, -0.25) is 4.21 Å². The molecule has 0 radical (unpaired) electrons. The maximum atomic E-state index is 10.8. The molecule has 1 aromatic carbocycles. The monoisotopic (exact) mass is 246 g/mol. The van der Waals surface area contributed by atoms with Crippen molar-refractivity contribution in [2.75, 3.05) is 29.6 Å². The number of rotatable bonds is 5. The Bertz CT molecular complexity index is 357. The highest BCUT2D eigenvalue weighted by atomic mass is 35.5. The minimum atomic E-state index is -0.731. The van der Waals surface area contributed by atoms with Gasteiger partial charge in [0, 0.05) is 34.4 Å². The second-order valence-electron chi connectivity index (χ2n) is 3.29. The molecule has 0 amide bonds. The zero-order valence-corrected chi connectivity index (χ0v) is 10.2. The minimum Gasteiger partial charge on any atom is -0.397 e. The van der Waals surface area contributed by atoms with Crippen LogP contribution in [-0.4, -0.2) is 22.8 Å².